The second-order valence-electron chi connectivity index (χ2n) is 4.73. The largest absolute Gasteiger partial charge is 0.467 e. The van der Waals surface area contributed by atoms with E-state index in [1.165, 1.54) is 11.8 Å². The molecule has 0 spiro atoms. The molecule has 1 aliphatic heterocycles. The normalized spacial score (nSPS) is 18.4. The third-order valence-corrected chi connectivity index (χ3v) is 3.58. The first-order chi connectivity index (χ1) is 9.51. The highest BCUT2D eigenvalue weighted by atomic mass is 16.6. The van der Waals surface area contributed by atoms with E-state index in [0.717, 1.165) is 6.42 Å². The van der Waals surface area contributed by atoms with E-state index in [9.17, 15) is 14.9 Å². The number of aryl methyl sites for hydroxylation is 2. The van der Waals surface area contributed by atoms with Gasteiger partial charge in [-0.1, -0.05) is 6.92 Å². The molecule has 1 unspecified atom stereocenters. The van der Waals surface area contributed by atoms with Crippen LogP contribution in [0.2, 0.25) is 0 Å². The number of methoxy groups -OCH3 is 1. The van der Waals surface area contributed by atoms with Gasteiger partial charge in [-0.15, -0.1) is 0 Å². The van der Waals surface area contributed by atoms with Crippen LogP contribution in [0, 0.1) is 10.1 Å². The maximum atomic E-state index is 11.8. The van der Waals surface area contributed by atoms with Gasteiger partial charge in [-0.2, -0.15) is 5.10 Å². The molecule has 1 aliphatic rings. The Morgan fingerprint density at radius 1 is 1.60 bits per heavy atom. The fraction of sp³-hybridized carbons (Fsp3) is 0.667. The second-order valence-corrected chi connectivity index (χ2v) is 4.73. The predicted octanol–water partition coefficient (Wildman–Crippen LogP) is 1.03. The fourth-order valence-electron chi connectivity index (χ4n) is 2.71. The summed E-state index contributed by atoms with van der Waals surface area (Å²) in [6.07, 6.45) is 1.90. The first kappa shape index (κ1) is 14.3. The van der Waals surface area contributed by atoms with Crippen molar-refractivity contribution in [1.82, 2.24) is 9.78 Å². The van der Waals surface area contributed by atoms with Crippen molar-refractivity contribution in [1.29, 1.82) is 0 Å². The Morgan fingerprint density at radius 3 is 2.85 bits per heavy atom. The Kier molecular flexibility index (Phi) is 3.91. The first-order valence-corrected chi connectivity index (χ1v) is 6.56. The Balaban J connectivity index is 2.48. The third kappa shape index (κ3) is 2.21. The van der Waals surface area contributed by atoms with Gasteiger partial charge < -0.3 is 9.64 Å². The summed E-state index contributed by atoms with van der Waals surface area (Å²) in [5, 5.41) is 15.5. The molecule has 2 rings (SSSR count). The van der Waals surface area contributed by atoms with E-state index >= 15 is 0 Å². The number of nitrogens with zero attached hydrogens (tertiary/aromatic N) is 4. The van der Waals surface area contributed by atoms with Crippen molar-refractivity contribution in [3.63, 3.8) is 0 Å². The first-order valence-electron chi connectivity index (χ1n) is 6.56. The van der Waals surface area contributed by atoms with Gasteiger partial charge in [-0.25, -0.2) is 9.48 Å². The van der Waals surface area contributed by atoms with Crippen molar-refractivity contribution >= 4 is 17.5 Å². The molecule has 0 aromatic carbocycles. The summed E-state index contributed by atoms with van der Waals surface area (Å²) < 4.78 is 6.26. The van der Waals surface area contributed by atoms with Crippen LogP contribution in [0.1, 0.15) is 25.5 Å². The van der Waals surface area contributed by atoms with Crippen LogP contribution in [-0.4, -0.2) is 40.4 Å². The highest BCUT2D eigenvalue weighted by Gasteiger charge is 2.39. The maximum Gasteiger partial charge on any atom is 0.334 e. The van der Waals surface area contributed by atoms with Crippen LogP contribution < -0.4 is 4.90 Å². The Hall–Kier alpha value is -2.12. The van der Waals surface area contributed by atoms with Gasteiger partial charge in [-0.05, 0) is 19.3 Å². The maximum absolute atomic E-state index is 11.8. The van der Waals surface area contributed by atoms with E-state index in [1.807, 2.05) is 6.92 Å². The van der Waals surface area contributed by atoms with E-state index in [0.29, 0.717) is 30.9 Å². The molecule has 0 radical (unpaired) electrons. The predicted molar refractivity (Wildman–Crippen MR) is 71.6 cm³/mol. The minimum atomic E-state index is -0.473. The summed E-state index contributed by atoms with van der Waals surface area (Å²) in [4.78, 5) is 24.4. The van der Waals surface area contributed by atoms with Crippen LogP contribution in [0.15, 0.2) is 0 Å². The molecule has 110 valence electrons. The lowest BCUT2D eigenvalue weighted by atomic mass is 10.2. The number of ether oxygens (including phenoxy) is 1. The Bertz CT molecular complexity index is 540. The molecule has 0 N–H and O–H groups in total. The highest BCUT2D eigenvalue weighted by molar-refractivity contribution is 5.82. The van der Waals surface area contributed by atoms with Gasteiger partial charge in [0, 0.05) is 13.6 Å². The summed E-state index contributed by atoms with van der Waals surface area (Å²) in [5.41, 5.74) is 0.425. The molecule has 8 nitrogen and oxygen atoms in total. The number of carbonyl (C=O) groups excluding carboxylic acids is 1. The summed E-state index contributed by atoms with van der Waals surface area (Å²) in [5.74, 6) is 0.0239. The lowest BCUT2D eigenvalue weighted by Gasteiger charge is -2.23. The molecular weight excluding hydrogens is 264 g/mol. The van der Waals surface area contributed by atoms with E-state index in [4.69, 9.17) is 4.74 Å². The van der Waals surface area contributed by atoms with Gasteiger partial charge in [0.2, 0.25) is 5.82 Å². The number of hydrogen-bond acceptors (Lipinski definition) is 6. The van der Waals surface area contributed by atoms with Crippen LogP contribution in [0.4, 0.5) is 11.5 Å². The van der Waals surface area contributed by atoms with Crippen LogP contribution in [0.25, 0.3) is 0 Å². The van der Waals surface area contributed by atoms with Crippen LogP contribution >= 0.6 is 0 Å². The fourth-order valence-corrected chi connectivity index (χ4v) is 2.71. The number of anilines is 1. The van der Waals surface area contributed by atoms with Gasteiger partial charge >= 0.3 is 11.7 Å². The molecule has 1 saturated heterocycles. The average molecular weight is 282 g/mol. The van der Waals surface area contributed by atoms with Crippen molar-refractivity contribution in [2.24, 2.45) is 7.05 Å². The molecule has 0 saturated carbocycles. The number of aromatic nitrogens is 2. The summed E-state index contributed by atoms with van der Waals surface area (Å²) in [7, 11) is 2.99. The SMILES string of the molecule is CCc1nn(C)c(N2CCCC2C(=O)OC)c1[N+](=O)[O-]. The minimum absolute atomic E-state index is 0.00852. The number of esters is 1. The molecule has 0 bridgehead atoms. The van der Waals surface area contributed by atoms with Crippen LogP contribution in [0.5, 0.6) is 0 Å². The molecule has 0 aliphatic carbocycles. The molecule has 1 aromatic heterocycles. The van der Waals surface area contributed by atoms with Crippen molar-refractivity contribution in [2.45, 2.75) is 32.2 Å². The van der Waals surface area contributed by atoms with E-state index in [1.54, 1.807) is 11.9 Å². The lowest BCUT2D eigenvalue weighted by molar-refractivity contribution is -0.384. The summed E-state index contributed by atoms with van der Waals surface area (Å²) >= 11 is 0. The number of rotatable bonds is 4. The van der Waals surface area contributed by atoms with Crippen LogP contribution in [-0.2, 0) is 23.0 Å². The second kappa shape index (κ2) is 5.48. The zero-order valence-corrected chi connectivity index (χ0v) is 11.8. The minimum Gasteiger partial charge on any atom is -0.467 e. The third-order valence-electron chi connectivity index (χ3n) is 3.58. The molecule has 2 heterocycles. The van der Waals surface area contributed by atoms with Gasteiger partial charge in [0.25, 0.3) is 0 Å². The molecule has 0 amide bonds. The standard InChI is InChI=1S/C12H18N4O4/c1-4-8-10(16(18)19)11(14(2)13-8)15-7-5-6-9(15)12(17)20-3/h9H,4-7H2,1-3H3. The van der Waals surface area contributed by atoms with Gasteiger partial charge in [0.05, 0.1) is 12.0 Å². The van der Waals surface area contributed by atoms with Gasteiger partial charge in [-0.3, -0.25) is 10.1 Å². The van der Waals surface area contributed by atoms with Crippen molar-refractivity contribution in [3.8, 4) is 0 Å². The van der Waals surface area contributed by atoms with Crippen molar-refractivity contribution in [3.05, 3.63) is 15.8 Å². The monoisotopic (exact) mass is 282 g/mol. The molecule has 1 aromatic rings. The lowest BCUT2D eigenvalue weighted by Crippen LogP contribution is -2.38. The van der Waals surface area contributed by atoms with E-state index < -0.39 is 11.0 Å². The topological polar surface area (TPSA) is 90.5 Å². The summed E-state index contributed by atoms with van der Waals surface area (Å²) in [6.45, 7) is 2.41. The van der Waals surface area contributed by atoms with Gasteiger partial charge in [0.15, 0.2) is 0 Å². The van der Waals surface area contributed by atoms with E-state index in [2.05, 4.69) is 5.10 Å². The Morgan fingerprint density at radius 2 is 2.30 bits per heavy atom. The average Bonchev–Trinajstić information content (AvgIpc) is 3.00. The van der Waals surface area contributed by atoms with Gasteiger partial charge in [0.1, 0.15) is 11.7 Å². The molecule has 8 heteroatoms. The smallest absolute Gasteiger partial charge is 0.334 e. The van der Waals surface area contributed by atoms with E-state index in [-0.39, 0.29) is 11.7 Å². The zero-order chi connectivity index (χ0) is 14.9. The zero-order valence-electron chi connectivity index (χ0n) is 11.8. The Labute approximate surface area is 116 Å². The molecule has 20 heavy (non-hydrogen) atoms. The number of nitro groups is 1. The number of hydrogen-bond donors (Lipinski definition) is 0. The molecular formula is C12H18N4O4. The number of carbonyl (C=O) groups is 1. The van der Waals surface area contributed by atoms with Crippen molar-refractivity contribution in [2.75, 3.05) is 18.6 Å². The summed E-state index contributed by atoms with van der Waals surface area (Å²) in [6, 6.07) is -0.473. The van der Waals surface area contributed by atoms with Crippen molar-refractivity contribution < 1.29 is 14.5 Å². The van der Waals surface area contributed by atoms with Crippen LogP contribution in [0.3, 0.4) is 0 Å². The quantitative estimate of drug-likeness (QED) is 0.465. The molecule has 1 fully saturated rings. The molecule has 1 atom stereocenters. The highest BCUT2D eigenvalue weighted by Crippen LogP contribution is 2.36.